The standard InChI is InChI=1S/C20H18N4O3/c1-22(2)13-12-19(25)20-18(15-8-10-17(11-9-15)24(26)27)14-23(21-20)16-6-4-3-5-7-16/h3-14H,1-2H3/b13-12+. The molecule has 2 aromatic carbocycles. The molecule has 0 radical (unpaired) electrons. The molecule has 0 bridgehead atoms. The summed E-state index contributed by atoms with van der Waals surface area (Å²) in [5, 5.41) is 15.3. The number of nitro groups is 1. The first kappa shape index (κ1) is 18.1. The monoisotopic (exact) mass is 362 g/mol. The van der Waals surface area contributed by atoms with Gasteiger partial charge in [-0.05, 0) is 29.8 Å². The van der Waals surface area contributed by atoms with Crippen molar-refractivity contribution in [1.29, 1.82) is 0 Å². The highest BCUT2D eigenvalue weighted by atomic mass is 16.6. The van der Waals surface area contributed by atoms with E-state index in [9.17, 15) is 14.9 Å². The van der Waals surface area contributed by atoms with Crippen molar-refractivity contribution in [3.8, 4) is 16.8 Å². The van der Waals surface area contributed by atoms with Crippen LogP contribution in [0.4, 0.5) is 5.69 Å². The number of non-ortho nitro benzene ring substituents is 1. The van der Waals surface area contributed by atoms with Crippen LogP contribution in [0.3, 0.4) is 0 Å². The number of carbonyl (C=O) groups excluding carboxylic acids is 1. The number of nitro benzene ring substituents is 1. The van der Waals surface area contributed by atoms with Crippen LogP contribution in [0.15, 0.2) is 73.1 Å². The molecule has 0 aliphatic heterocycles. The van der Waals surface area contributed by atoms with Crippen LogP contribution < -0.4 is 0 Å². The Hall–Kier alpha value is -3.74. The van der Waals surface area contributed by atoms with E-state index in [0.29, 0.717) is 11.1 Å². The third kappa shape index (κ3) is 4.09. The minimum Gasteiger partial charge on any atom is -0.383 e. The third-order valence-electron chi connectivity index (χ3n) is 3.88. The average molecular weight is 362 g/mol. The van der Waals surface area contributed by atoms with Gasteiger partial charge in [0.25, 0.3) is 5.69 Å². The van der Waals surface area contributed by atoms with Gasteiger partial charge in [-0.1, -0.05) is 18.2 Å². The Labute approximate surface area is 156 Å². The summed E-state index contributed by atoms with van der Waals surface area (Å²) in [6, 6.07) is 15.5. The molecule has 0 aliphatic carbocycles. The summed E-state index contributed by atoms with van der Waals surface area (Å²) in [6.07, 6.45) is 4.86. The van der Waals surface area contributed by atoms with Crippen molar-refractivity contribution < 1.29 is 9.72 Å². The van der Waals surface area contributed by atoms with Gasteiger partial charge in [-0.25, -0.2) is 4.68 Å². The molecular formula is C20H18N4O3. The number of benzene rings is 2. The van der Waals surface area contributed by atoms with E-state index in [0.717, 1.165) is 5.69 Å². The smallest absolute Gasteiger partial charge is 0.269 e. The molecule has 7 heteroatoms. The molecule has 0 saturated carbocycles. The van der Waals surface area contributed by atoms with Crippen molar-refractivity contribution in [2.75, 3.05) is 14.1 Å². The van der Waals surface area contributed by atoms with E-state index in [-0.39, 0.29) is 17.2 Å². The summed E-state index contributed by atoms with van der Waals surface area (Å²) < 4.78 is 1.63. The van der Waals surface area contributed by atoms with Gasteiger partial charge in [0.05, 0.1) is 10.6 Å². The number of rotatable bonds is 6. The van der Waals surface area contributed by atoms with Crippen molar-refractivity contribution in [3.05, 3.63) is 88.9 Å². The Morgan fingerprint density at radius 3 is 2.37 bits per heavy atom. The highest BCUT2D eigenvalue weighted by molar-refractivity contribution is 6.07. The topological polar surface area (TPSA) is 81.3 Å². The third-order valence-corrected chi connectivity index (χ3v) is 3.88. The van der Waals surface area contributed by atoms with Crippen LogP contribution in [0, 0.1) is 10.1 Å². The fourth-order valence-corrected chi connectivity index (χ4v) is 2.54. The number of allylic oxidation sites excluding steroid dienone is 1. The summed E-state index contributed by atoms with van der Waals surface area (Å²) >= 11 is 0. The molecule has 0 aliphatic rings. The lowest BCUT2D eigenvalue weighted by atomic mass is 10.0. The fraction of sp³-hybridized carbons (Fsp3) is 0.100. The lowest BCUT2D eigenvalue weighted by Crippen LogP contribution is -2.05. The van der Waals surface area contributed by atoms with Crippen molar-refractivity contribution in [1.82, 2.24) is 14.7 Å². The van der Waals surface area contributed by atoms with E-state index in [4.69, 9.17) is 0 Å². The molecule has 27 heavy (non-hydrogen) atoms. The van der Waals surface area contributed by atoms with Gasteiger partial charge < -0.3 is 4.90 Å². The van der Waals surface area contributed by atoms with E-state index in [1.54, 1.807) is 34.1 Å². The minimum absolute atomic E-state index is 0.00502. The number of carbonyl (C=O) groups is 1. The quantitative estimate of drug-likeness (QED) is 0.289. The predicted octanol–water partition coefficient (Wildman–Crippen LogP) is 3.71. The molecule has 0 N–H and O–H groups in total. The van der Waals surface area contributed by atoms with Crippen LogP contribution >= 0.6 is 0 Å². The Kier molecular flexibility index (Phi) is 5.12. The number of hydrogen-bond donors (Lipinski definition) is 0. The zero-order valence-corrected chi connectivity index (χ0v) is 14.9. The molecule has 0 spiro atoms. The Bertz CT molecular complexity index is 990. The van der Waals surface area contributed by atoms with E-state index < -0.39 is 4.92 Å². The van der Waals surface area contributed by atoms with Gasteiger partial charge in [0.2, 0.25) is 5.78 Å². The van der Waals surface area contributed by atoms with Crippen molar-refractivity contribution in [2.24, 2.45) is 0 Å². The summed E-state index contributed by atoms with van der Waals surface area (Å²) in [4.78, 5) is 24.9. The Morgan fingerprint density at radius 2 is 1.78 bits per heavy atom. The first-order valence-corrected chi connectivity index (χ1v) is 8.24. The minimum atomic E-state index is -0.455. The van der Waals surface area contributed by atoms with Crippen LogP contribution in [0.25, 0.3) is 16.8 Å². The predicted molar refractivity (Wildman–Crippen MR) is 103 cm³/mol. The van der Waals surface area contributed by atoms with Crippen molar-refractivity contribution >= 4 is 11.5 Å². The summed E-state index contributed by atoms with van der Waals surface area (Å²) in [5.74, 6) is -0.244. The van der Waals surface area contributed by atoms with Crippen LogP contribution in [0.1, 0.15) is 10.5 Å². The van der Waals surface area contributed by atoms with E-state index in [1.807, 2.05) is 44.4 Å². The molecule has 0 amide bonds. The molecule has 0 saturated heterocycles. The highest BCUT2D eigenvalue weighted by Gasteiger charge is 2.18. The first-order chi connectivity index (χ1) is 13.0. The average Bonchev–Trinajstić information content (AvgIpc) is 3.12. The number of para-hydroxylation sites is 1. The zero-order chi connectivity index (χ0) is 19.4. The van der Waals surface area contributed by atoms with E-state index in [1.165, 1.54) is 18.2 Å². The summed E-state index contributed by atoms with van der Waals surface area (Å²) in [6.45, 7) is 0. The van der Waals surface area contributed by atoms with E-state index in [2.05, 4.69) is 5.10 Å². The summed E-state index contributed by atoms with van der Waals surface area (Å²) in [7, 11) is 3.65. The highest BCUT2D eigenvalue weighted by Crippen LogP contribution is 2.27. The first-order valence-electron chi connectivity index (χ1n) is 8.24. The molecule has 7 nitrogen and oxygen atoms in total. The van der Waals surface area contributed by atoms with Crippen LogP contribution in [0.2, 0.25) is 0 Å². The van der Waals surface area contributed by atoms with Gasteiger partial charge in [0, 0.05) is 50.3 Å². The van der Waals surface area contributed by atoms with E-state index >= 15 is 0 Å². The maximum Gasteiger partial charge on any atom is 0.269 e. The fourth-order valence-electron chi connectivity index (χ4n) is 2.54. The summed E-state index contributed by atoms with van der Waals surface area (Å²) in [5.41, 5.74) is 2.39. The van der Waals surface area contributed by atoms with Gasteiger partial charge in [-0.15, -0.1) is 0 Å². The van der Waals surface area contributed by atoms with Gasteiger partial charge >= 0.3 is 0 Å². The molecule has 3 aromatic rings. The maximum atomic E-state index is 12.7. The molecule has 136 valence electrons. The second-order valence-corrected chi connectivity index (χ2v) is 6.12. The number of ketones is 1. The van der Waals surface area contributed by atoms with Gasteiger partial charge in [0.15, 0.2) is 0 Å². The largest absolute Gasteiger partial charge is 0.383 e. The molecule has 1 aromatic heterocycles. The molecule has 0 unspecified atom stereocenters. The maximum absolute atomic E-state index is 12.7. The Morgan fingerprint density at radius 1 is 1.11 bits per heavy atom. The zero-order valence-electron chi connectivity index (χ0n) is 14.9. The normalized spacial score (nSPS) is 10.9. The molecule has 3 rings (SSSR count). The number of hydrogen-bond acceptors (Lipinski definition) is 5. The lowest BCUT2D eigenvalue weighted by molar-refractivity contribution is -0.384. The van der Waals surface area contributed by atoms with Gasteiger partial charge in [-0.3, -0.25) is 14.9 Å². The van der Waals surface area contributed by atoms with Gasteiger partial charge in [0.1, 0.15) is 5.69 Å². The number of aromatic nitrogens is 2. The van der Waals surface area contributed by atoms with Crippen molar-refractivity contribution in [3.63, 3.8) is 0 Å². The van der Waals surface area contributed by atoms with Crippen molar-refractivity contribution in [2.45, 2.75) is 0 Å². The van der Waals surface area contributed by atoms with Gasteiger partial charge in [-0.2, -0.15) is 5.10 Å². The Balaban J connectivity index is 2.08. The second-order valence-electron chi connectivity index (χ2n) is 6.12. The molecule has 0 fully saturated rings. The van der Waals surface area contributed by atoms with Crippen LogP contribution in [-0.4, -0.2) is 39.5 Å². The number of nitrogens with zero attached hydrogens (tertiary/aromatic N) is 4. The molecule has 1 heterocycles. The lowest BCUT2D eigenvalue weighted by Gasteiger charge is -2.03. The molecule has 0 atom stereocenters. The molecular weight excluding hydrogens is 344 g/mol. The van der Waals surface area contributed by atoms with Crippen LogP contribution in [-0.2, 0) is 0 Å². The SMILES string of the molecule is CN(C)/C=C/C(=O)c1nn(-c2ccccc2)cc1-c1ccc([N+](=O)[O-])cc1. The van der Waals surface area contributed by atoms with Crippen LogP contribution in [0.5, 0.6) is 0 Å². The second kappa shape index (κ2) is 7.65.